The molecule has 114 valence electrons. The van der Waals surface area contributed by atoms with E-state index in [2.05, 4.69) is 58.3 Å². The quantitative estimate of drug-likeness (QED) is 0.687. The molecule has 0 aliphatic carbocycles. The molecule has 0 aliphatic rings. The maximum absolute atomic E-state index is 8.86. The number of nitrogens with one attached hydrogen (secondary N) is 1. The molecule has 0 amide bonds. The van der Waals surface area contributed by atoms with Crippen LogP contribution < -0.4 is 5.32 Å². The topological polar surface area (TPSA) is 50.1 Å². The smallest absolute Gasteiger partial charge is 0.0673 e. The van der Waals surface area contributed by atoms with Crippen LogP contribution in [0.2, 0.25) is 0 Å². The number of aromatic nitrogens is 2. The number of benzene rings is 1. The number of pyridine rings is 1. The minimum absolute atomic E-state index is 0.151. The minimum Gasteiger partial charge on any atom is -0.395 e. The highest BCUT2D eigenvalue weighted by Gasteiger charge is 2.06. The Labute approximate surface area is 130 Å². The molecule has 22 heavy (non-hydrogen) atoms. The van der Waals surface area contributed by atoms with Gasteiger partial charge in [0.25, 0.3) is 0 Å². The van der Waals surface area contributed by atoms with E-state index in [4.69, 9.17) is 5.11 Å². The summed E-state index contributed by atoms with van der Waals surface area (Å²) in [4.78, 5) is 4.36. The first-order valence-corrected chi connectivity index (χ1v) is 7.57. The van der Waals surface area contributed by atoms with Crippen LogP contribution in [-0.4, -0.2) is 27.8 Å². The van der Waals surface area contributed by atoms with E-state index < -0.39 is 0 Å². The lowest BCUT2D eigenvalue weighted by molar-refractivity contribution is 0.292. The summed E-state index contributed by atoms with van der Waals surface area (Å²) in [5.41, 5.74) is 4.87. The summed E-state index contributed by atoms with van der Waals surface area (Å²) < 4.78 is 2.22. The van der Waals surface area contributed by atoms with Gasteiger partial charge in [0.15, 0.2) is 0 Å². The predicted octanol–water partition coefficient (Wildman–Crippen LogP) is 2.47. The Bertz CT molecular complexity index is 747. The van der Waals surface area contributed by atoms with Crippen molar-refractivity contribution in [3.05, 3.63) is 65.6 Å². The molecule has 4 heteroatoms. The SMILES string of the molecule is Cc1ccc(Cn2ccc3c(CNCCO)cncc32)cc1. The molecule has 0 radical (unpaired) electrons. The van der Waals surface area contributed by atoms with Crippen molar-refractivity contribution in [2.24, 2.45) is 0 Å². The third kappa shape index (κ3) is 3.18. The van der Waals surface area contributed by atoms with Crippen molar-refractivity contribution in [3.8, 4) is 0 Å². The van der Waals surface area contributed by atoms with Crippen LogP contribution in [0.1, 0.15) is 16.7 Å². The van der Waals surface area contributed by atoms with E-state index in [0.29, 0.717) is 6.54 Å². The normalized spacial score (nSPS) is 11.2. The first kappa shape index (κ1) is 14.8. The van der Waals surface area contributed by atoms with Crippen LogP contribution >= 0.6 is 0 Å². The first-order valence-electron chi connectivity index (χ1n) is 7.57. The number of nitrogens with zero attached hydrogens (tertiary/aromatic N) is 2. The van der Waals surface area contributed by atoms with Crippen molar-refractivity contribution in [1.82, 2.24) is 14.9 Å². The van der Waals surface area contributed by atoms with Crippen molar-refractivity contribution >= 4 is 10.9 Å². The molecule has 2 heterocycles. The number of hydrogen-bond acceptors (Lipinski definition) is 3. The molecule has 0 atom stereocenters. The second-order valence-electron chi connectivity index (χ2n) is 5.56. The van der Waals surface area contributed by atoms with Gasteiger partial charge in [-0.3, -0.25) is 4.98 Å². The van der Waals surface area contributed by atoms with E-state index in [1.54, 1.807) is 0 Å². The minimum atomic E-state index is 0.151. The van der Waals surface area contributed by atoms with Crippen LogP contribution in [0.4, 0.5) is 0 Å². The van der Waals surface area contributed by atoms with Crippen molar-refractivity contribution in [1.29, 1.82) is 0 Å². The highest BCUT2D eigenvalue weighted by molar-refractivity contribution is 5.82. The van der Waals surface area contributed by atoms with Crippen molar-refractivity contribution in [2.75, 3.05) is 13.2 Å². The average Bonchev–Trinajstić information content (AvgIpc) is 2.94. The van der Waals surface area contributed by atoms with E-state index in [1.165, 1.54) is 16.5 Å². The summed E-state index contributed by atoms with van der Waals surface area (Å²) in [6.07, 6.45) is 5.92. The lowest BCUT2D eigenvalue weighted by Gasteiger charge is -2.08. The standard InChI is InChI=1S/C18H21N3O/c1-14-2-4-15(5-3-14)13-21-8-6-17-16(10-19-7-9-22)11-20-12-18(17)21/h2-6,8,11-12,19,22H,7,9-10,13H2,1H3. The Kier molecular flexibility index (Phi) is 4.51. The summed E-state index contributed by atoms with van der Waals surface area (Å²) in [5, 5.41) is 13.3. The monoisotopic (exact) mass is 295 g/mol. The van der Waals surface area contributed by atoms with E-state index >= 15 is 0 Å². The summed E-state index contributed by atoms with van der Waals surface area (Å²) >= 11 is 0. The fourth-order valence-corrected chi connectivity index (χ4v) is 2.64. The maximum atomic E-state index is 8.86. The van der Waals surface area contributed by atoms with Crippen molar-refractivity contribution < 1.29 is 5.11 Å². The molecular formula is C18H21N3O. The van der Waals surface area contributed by atoms with Crippen LogP contribution in [-0.2, 0) is 13.1 Å². The summed E-state index contributed by atoms with van der Waals surface area (Å²) in [6.45, 7) is 4.42. The molecule has 0 saturated carbocycles. The van der Waals surface area contributed by atoms with Crippen LogP contribution in [0.5, 0.6) is 0 Å². The number of fused-ring (bicyclic) bond motifs is 1. The molecule has 4 nitrogen and oxygen atoms in total. The molecule has 3 aromatic rings. The van der Waals surface area contributed by atoms with Crippen LogP contribution in [0.3, 0.4) is 0 Å². The molecule has 0 unspecified atom stereocenters. The summed E-state index contributed by atoms with van der Waals surface area (Å²) in [7, 11) is 0. The molecule has 0 bridgehead atoms. The number of aliphatic hydroxyl groups is 1. The van der Waals surface area contributed by atoms with Gasteiger partial charge in [-0.1, -0.05) is 29.8 Å². The molecule has 0 fully saturated rings. The fraction of sp³-hybridized carbons (Fsp3) is 0.278. The molecule has 0 saturated heterocycles. The highest BCUT2D eigenvalue weighted by Crippen LogP contribution is 2.20. The summed E-state index contributed by atoms with van der Waals surface area (Å²) in [5.74, 6) is 0. The molecule has 1 aromatic carbocycles. The number of aliphatic hydroxyl groups excluding tert-OH is 1. The van der Waals surface area contributed by atoms with E-state index in [0.717, 1.165) is 24.2 Å². The van der Waals surface area contributed by atoms with E-state index in [-0.39, 0.29) is 6.61 Å². The molecule has 2 N–H and O–H groups in total. The van der Waals surface area contributed by atoms with E-state index in [1.807, 2.05) is 12.4 Å². The van der Waals surface area contributed by atoms with Crippen LogP contribution in [0.25, 0.3) is 10.9 Å². The Morgan fingerprint density at radius 3 is 2.73 bits per heavy atom. The lowest BCUT2D eigenvalue weighted by Crippen LogP contribution is -2.17. The number of aryl methyl sites for hydroxylation is 1. The summed E-state index contributed by atoms with van der Waals surface area (Å²) in [6, 6.07) is 10.8. The first-order chi connectivity index (χ1) is 10.8. The molecular weight excluding hydrogens is 274 g/mol. The molecule has 0 aliphatic heterocycles. The average molecular weight is 295 g/mol. The van der Waals surface area contributed by atoms with Gasteiger partial charge in [-0.2, -0.15) is 0 Å². The van der Waals surface area contributed by atoms with Crippen molar-refractivity contribution in [2.45, 2.75) is 20.0 Å². The lowest BCUT2D eigenvalue weighted by atomic mass is 10.1. The maximum Gasteiger partial charge on any atom is 0.0673 e. The number of rotatable bonds is 6. The molecule has 2 aromatic heterocycles. The highest BCUT2D eigenvalue weighted by atomic mass is 16.3. The van der Waals surface area contributed by atoms with Crippen LogP contribution in [0.15, 0.2) is 48.9 Å². The van der Waals surface area contributed by atoms with Gasteiger partial charge in [0.2, 0.25) is 0 Å². The third-order valence-corrected chi connectivity index (χ3v) is 3.86. The predicted molar refractivity (Wildman–Crippen MR) is 88.8 cm³/mol. The zero-order valence-corrected chi connectivity index (χ0v) is 12.8. The Morgan fingerprint density at radius 1 is 1.14 bits per heavy atom. The van der Waals surface area contributed by atoms with Gasteiger partial charge in [0.05, 0.1) is 18.3 Å². The Morgan fingerprint density at radius 2 is 1.95 bits per heavy atom. The van der Waals surface area contributed by atoms with Gasteiger partial charge in [-0.25, -0.2) is 0 Å². The van der Waals surface area contributed by atoms with Gasteiger partial charge in [0, 0.05) is 37.4 Å². The van der Waals surface area contributed by atoms with Gasteiger partial charge in [0.1, 0.15) is 0 Å². The molecule has 3 rings (SSSR count). The zero-order chi connectivity index (χ0) is 15.4. The zero-order valence-electron chi connectivity index (χ0n) is 12.8. The Hall–Kier alpha value is -2.17. The molecule has 0 spiro atoms. The van der Waals surface area contributed by atoms with Crippen molar-refractivity contribution in [3.63, 3.8) is 0 Å². The fourth-order valence-electron chi connectivity index (χ4n) is 2.64. The second-order valence-corrected chi connectivity index (χ2v) is 5.56. The van der Waals surface area contributed by atoms with Gasteiger partial charge in [-0.15, -0.1) is 0 Å². The second kappa shape index (κ2) is 6.73. The largest absolute Gasteiger partial charge is 0.395 e. The van der Waals surface area contributed by atoms with Gasteiger partial charge >= 0.3 is 0 Å². The number of hydrogen-bond donors (Lipinski definition) is 2. The van der Waals surface area contributed by atoms with Gasteiger partial charge in [-0.05, 0) is 24.1 Å². The Balaban J connectivity index is 1.85. The van der Waals surface area contributed by atoms with E-state index in [9.17, 15) is 0 Å². The van der Waals surface area contributed by atoms with Crippen LogP contribution in [0, 0.1) is 6.92 Å². The third-order valence-electron chi connectivity index (χ3n) is 3.86. The van der Waals surface area contributed by atoms with Gasteiger partial charge < -0.3 is 15.0 Å².